The Hall–Kier alpha value is -2.67. The van der Waals surface area contributed by atoms with Crippen molar-refractivity contribution in [2.24, 2.45) is 0 Å². The van der Waals surface area contributed by atoms with Gasteiger partial charge in [-0.25, -0.2) is 0 Å². The fourth-order valence-corrected chi connectivity index (χ4v) is 2.38. The monoisotopic (exact) mass is 318 g/mol. The lowest BCUT2D eigenvalue weighted by molar-refractivity contribution is -0.384. The Bertz CT molecular complexity index is 749. The van der Waals surface area contributed by atoms with Gasteiger partial charge in [-0.1, -0.05) is 6.07 Å². The number of furan rings is 1. The number of carbonyl (C=O) groups excluding carboxylic acids is 1. The fraction of sp³-hybridized carbons (Fsp3) is 0.312. The van der Waals surface area contributed by atoms with Crippen molar-refractivity contribution in [3.05, 3.63) is 63.1 Å². The minimum Gasteiger partial charge on any atom is -0.466 e. The zero-order valence-corrected chi connectivity index (χ0v) is 13.1. The molecule has 1 aromatic carbocycles. The molecule has 122 valence electrons. The lowest BCUT2D eigenvalue weighted by atomic mass is 9.96. The van der Waals surface area contributed by atoms with Crippen LogP contribution in [0.3, 0.4) is 0 Å². The van der Waals surface area contributed by atoms with Gasteiger partial charge in [0.25, 0.3) is 11.6 Å². The molecule has 1 heterocycles. The normalized spacial score (nSPS) is 13.4. The van der Waals surface area contributed by atoms with Crippen LogP contribution in [0.4, 0.5) is 5.69 Å². The molecule has 0 spiro atoms. The van der Waals surface area contributed by atoms with Crippen molar-refractivity contribution >= 4 is 11.6 Å². The number of rotatable bonds is 5. The number of hydrogen-bond acceptors (Lipinski definition) is 5. The summed E-state index contributed by atoms with van der Waals surface area (Å²) in [5.41, 5.74) is -0.715. The second-order valence-electron chi connectivity index (χ2n) is 5.59. The van der Waals surface area contributed by atoms with Gasteiger partial charge in [-0.3, -0.25) is 14.9 Å². The molecule has 2 rings (SSSR count). The van der Waals surface area contributed by atoms with E-state index in [1.807, 2.05) is 0 Å². The van der Waals surface area contributed by atoms with Gasteiger partial charge >= 0.3 is 0 Å². The quantitative estimate of drug-likeness (QED) is 0.650. The number of nitro groups is 1. The molecule has 1 atom stereocenters. The number of nitrogens with zero attached hydrogens (tertiary/aromatic N) is 1. The molecule has 0 saturated heterocycles. The van der Waals surface area contributed by atoms with E-state index in [0.717, 1.165) is 0 Å². The number of nitro benzene ring substituents is 1. The summed E-state index contributed by atoms with van der Waals surface area (Å²) in [5.74, 6) is 0.756. The van der Waals surface area contributed by atoms with Gasteiger partial charge in [-0.05, 0) is 32.9 Å². The Morgan fingerprint density at radius 3 is 2.65 bits per heavy atom. The number of aryl methyl sites for hydroxylation is 2. The van der Waals surface area contributed by atoms with Crippen LogP contribution in [0.5, 0.6) is 0 Å². The van der Waals surface area contributed by atoms with Crippen molar-refractivity contribution in [3.8, 4) is 0 Å². The van der Waals surface area contributed by atoms with Crippen LogP contribution in [-0.4, -0.2) is 22.5 Å². The van der Waals surface area contributed by atoms with Crippen LogP contribution >= 0.6 is 0 Å². The third kappa shape index (κ3) is 3.75. The number of amides is 1. The number of benzene rings is 1. The van der Waals surface area contributed by atoms with E-state index in [9.17, 15) is 20.0 Å². The molecular formula is C16H18N2O5. The van der Waals surface area contributed by atoms with Gasteiger partial charge < -0.3 is 14.8 Å². The Kier molecular flexibility index (Phi) is 4.51. The highest BCUT2D eigenvalue weighted by Gasteiger charge is 2.28. The molecule has 2 N–H and O–H groups in total. The number of aliphatic hydroxyl groups is 1. The van der Waals surface area contributed by atoms with Crippen molar-refractivity contribution in [2.45, 2.75) is 26.4 Å². The molecule has 0 radical (unpaired) electrons. The van der Waals surface area contributed by atoms with Crippen molar-refractivity contribution < 1.29 is 19.2 Å². The smallest absolute Gasteiger partial charge is 0.270 e. The van der Waals surface area contributed by atoms with Crippen LogP contribution in [0, 0.1) is 24.0 Å². The van der Waals surface area contributed by atoms with Crippen LogP contribution in [0.15, 0.2) is 34.7 Å². The second-order valence-corrected chi connectivity index (χ2v) is 5.59. The Labute approximate surface area is 133 Å². The van der Waals surface area contributed by atoms with Crippen LogP contribution in [-0.2, 0) is 5.60 Å². The lowest BCUT2D eigenvalue weighted by Gasteiger charge is -2.23. The van der Waals surface area contributed by atoms with E-state index in [4.69, 9.17) is 4.42 Å². The number of carbonyl (C=O) groups is 1. The number of non-ortho nitro benzene ring substituents is 1. The summed E-state index contributed by atoms with van der Waals surface area (Å²) in [6.45, 7) is 5.03. The fourth-order valence-electron chi connectivity index (χ4n) is 2.38. The summed E-state index contributed by atoms with van der Waals surface area (Å²) in [6.07, 6.45) is 0. The molecule has 7 nitrogen and oxygen atoms in total. The van der Waals surface area contributed by atoms with Gasteiger partial charge in [0.2, 0.25) is 0 Å². The molecule has 1 amide bonds. The van der Waals surface area contributed by atoms with Gasteiger partial charge in [0.05, 0.1) is 11.5 Å². The molecule has 0 fully saturated rings. The largest absolute Gasteiger partial charge is 0.466 e. The first-order valence-corrected chi connectivity index (χ1v) is 7.03. The summed E-state index contributed by atoms with van der Waals surface area (Å²) in [4.78, 5) is 22.3. The van der Waals surface area contributed by atoms with Crippen molar-refractivity contribution in [2.75, 3.05) is 6.54 Å². The molecule has 0 aliphatic rings. The summed E-state index contributed by atoms with van der Waals surface area (Å²) in [6, 6.07) is 7.13. The van der Waals surface area contributed by atoms with Crippen LogP contribution < -0.4 is 5.32 Å². The predicted molar refractivity (Wildman–Crippen MR) is 83.2 cm³/mol. The van der Waals surface area contributed by atoms with Gasteiger partial charge in [-0.15, -0.1) is 0 Å². The zero-order chi connectivity index (χ0) is 17.2. The van der Waals surface area contributed by atoms with Crippen molar-refractivity contribution in [1.29, 1.82) is 0 Å². The van der Waals surface area contributed by atoms with Crippen molar-refractivity contribution in [1.82, 2.24) is 5.32 Å². The highest BCUT2D eigenvalue weighted by molar-refractivity contribution is 5.94. The SMILES string of the molecule is Cc1cc(C(C)(O)CNC(=O)c2cccc([N+](=O)[O-])c2)c(C)o1. The Morgan fingerprint density at radius 2 is 2.09 bits per heavy atom. The Balaban J connectivity index is 2.10. The first kappa shape index (κ1) is 16.7. The molecule has 7 heteroatoms. The van der Waals surface area contributed by atoms with E-state index >= 15 is 0 Å². The molecule has 23 heavy (non-hydrogen) atoms. The number of hydrogen-bond donors (Lipinski definition) is 2. The highest BCUT2D eigenvalue weighted by atomic mass is 16.6. The maximum atomic E-state index is 12.1. The molecular weight excluding hydrogens is 300 g/mol. The molecule has 0 aliphatic carbocycles. The van der Waals surface area contributed by atoms with Gasteiger partial charge in [0.15, 0.2) is 0 Å². The Morgan fingerprint density at radius 1 is 1.39 bits per heavy atom. The summed E-state index contributed by atoms with van der Waals surface area (Å²) in [7, 11) is 0. The second kappa shape index (κ2) is 6.21. The molecule has 0 saturated carbocycles. The molecule has 0 aliphatic heterocycles. The predicted octanol–water partition coefficient (Wildman–Crippen LogP) is 2.44. The summed E-state index contributed by atoms with van der Waals surface area (Å²) >= 11 is 0. The minimum absolute atomic E-state index is 0.0473. The topological polar surface area (TPSA) is 106 Å². The maximum absolute atomic E-state index is 12.1. The van der Waals surface area contributed by atoms with E-state index < -0.39 is 16.4 Å². The standard InChI is InChI=1S/C16H18N2O5/c1-10-7-14(11(2)23-10)16(3,20)9-17-15(19)12-5-4-6-13(8-12)18(21)22/h4-8,20H,9H2,1-3H3,(H,17,19). The van der Waals surface area contributed by atoms with Crippen LogP contribution in [0.1, 0.15) is 34.4 Å². The zero-order valence-electron chi connectivity index (χ0n) is 13.1. The molecule has 1 unspecified atom stereocenters. The maximum Gasteiger partial charge on any atom is 0.270 e. The first-order chi connectivity index (χ1) is 10.7. The minimum atomic E-state index is -1.31. The van der Waals surface area contributed by atoms with Crippen molar-refractivity contribution in [3.63, 3.8) is 0 Å². The van der Waals surface area contributed by atoms with E-state index in [-0.39, 0.29) is 17.8 Å². The van der Waals surface area contributed by atoms with E-state index in [0.29, 0.717) is 17.1 Å². The van der Waals surface area contributed by atoms with Crippen LogP contribution in [0.25, 0.3) is 0 Å². The average Bonchev–Trinajstić information content (AvgIpc) is 2.84. The molecule has 0 bridgehead atoms. The summed E-state index contributed by atoms with van der Waals surface area (Å²) < 4.78 is 5.39. The lowest BCUT2D eigenvalue weighted by Crippen LogP contribution is -2.38. The third-order valence-corrected chi connectivity index (χ3v) is 3.53. The summed E-state index contributed by atoms with van der Waals surface area (Å²) in [5, 5.41) is 23.9. The molecule has 2 aromatic rings. The van der Waals surface area contributed by atoms with E-state index in [1.54, 1.807) is 26.8 Å². The van der Waals surface area contributed by atoms with Gasteiger partial charge in [0, 0.05) is 23.3 Å². The van der Waals surface area contributed by atoms with Crippen LogP contribution in [0.2, 0.25) is 0 Å². The van der Waals surface area contributed by atoms with E-state index in [1.165, 1.54) is 24.3 Å². The first-order valence-electron chi connectivity index (χ1n) is 7.03. The van der Waals surface area contributed by atoms with Gasteiger partial charge in [0.1, 0.15) is 17.1 Å². The van der Waals surface area contributed by atoms with E-state index in [2.05, 4.69) is 5.32 Å². The number of nitrogens with one attached hydrogen (secondary N) is 1. The molecule has 1 aromatic heterocycles. The average molecular weight is 318 g/mol. The highest BCUT2D eigenvalue weighted by Crippen LogP contribution is 2.26. The van der Waals surface area contributed by atoms with Gasteiger partial charge in [-0.2, -0.15) is 0 Å². The third-order valence-electron chi connectivity index (χ3n) is 3.53.